The van der Waals surface area contributed by atoms with Gasteiger partial charge in [0.15, 0.2) is 5.75 Å². The van der Waals surface area contributed by atoms with Gasteiger partial charge < -0.3 is 20.7 Å². The van der Waals surface area contributed by atoms with Crippen molar-refractivity contribution in [2.45, 2.75) is 25.1 Å². The van der Waals surface area contributed by atoms with Gasteiger partial charge in [-0.05, 0) is 28.9 Å². The first kappa shape index (κ1) is 18.7. The maximum absolute atomic E-state index is 13.0. The van der Waals surface area contributed by atoms with Crippen LogP contribution in [0.5, 0.6) is 5.75 Å². The molecule has 1 rings (SSSR count). The van der Waals surface area contributed by atoms with E-state index in [9.17, 15) is 23.1 Å². The van der Waals surface area contributed by atoms with Crippen molar-refractivity contribution in [3.63, 3.8) is 0 Å². The Bertz CT molecular complexity index is 568. The molecular formula is C12H14BrF3N2O4. The highest BCUT2D eigenvalue weighted by molar-refractivity contribution is 9.10. The van der Waals surface area contributed by atoms with Gasteiger partial charge in [-0.3, -0.25) is 4.79 Å². The zero-order valence-electron chi connectivity index (χ0n) is 11.4. The van der Waals surface area contributed by atoms with Crippen LogP contribution in [0.2, 0.25) is 0 Å². The minimum atomic E-state index is -5.16. The summed E-state index contributed by atoms with van der Waals surface area (Å²) >= 11 is 2.93. The Morgan fingerprint density at radius 2 is 2.09 bits per heavy atom. The van der Waals surface area contributed by atoms with Crippen molar-refractivity contribution in [3.8, 4) is 5.75 Å². The van der Waals surface area contributed by atoms with E-state index in [1.807, 2.05) is 0 Å². The predicted molar refractivity (Wildman–Crippen MR) is 73.0 cm³/mol. The molecule has 1 unspecified atom stereocenters. The monoisotopic (exact) mass is 386 g/mol. The third kappa shape index (κ3) is 3.68. The lowest BCUT2D eigenvalue weighted by Crippen LogP contribution is -2.46. The molecule has 0 fully saturated rings. The molecule has 10 heteroatoms. The van der Waals surface area contributed by atoms with Gasteiger partial charge >= 0.3 is 6.18 Å². The first-order valence-corrected chi connectivity index (χ1v) is 6.87. The van der Waals surface area contributed by atoms with Crippen molar-refractivity contribution >= 4 is 21.8 Å². The van der Waals surface area contributed by atoms with E-state index in [4.69, 9.17) is 15.6 Å². The lowest BCUT2D eigenvalue weighted by Gasteiger charge is -2.28. The standard InChI is InChI=1S/C12H14BrF3N2O4/c1-2-22-9-6(4-8(17)20)3-7(18-10(9)13)11(21,5-19)12(14,15)16/h3,19,21H,2,4-5H2,1H3,(H2,17,20). The number of hydrogen-bond donors (Lipinski definition) is 3. The lowest BCUT2D eigenvalue weighted by atomic mass is 9.97. The Balaban J connectivity index is 3.51. The van der Waals surface area contributed by atoms with Gasteiger partial charge in [0.1, 0.15) is 4.60 Å². The summed E-state index contributed by atoms with van der Waals surface area (Å²) in [7, 11) is 0. The molecule has 1 aromatic rings. The summed E-state index contributed by atoms with van der Waals surface area (Å²) in [5, 5.41) is 18.7. The molecule has 1 amide bonds. The maximum atomic E-state index is 13.0. The Morgan fingerprint density at radius 3 is 2.50 bits per heavy atom. The molecule has 0 aliphatic carbocycles. The second-order valence-electron chi connectivity index (χ2n) is 4.38. The number of nitrogens with two attached hydrogens (primary N) is 1. The van der Waals surface area contributed by atoms with E-state index in [2.05, 4.69) is 20.9 Å². The van der Waals surface area contributed by atoms with E-state index in [-0.39, 0.29) is 22.5 Å². The number of aromatic nitrogens is 1. The largest absolute Gasteiger partial charge is 0.491 e. The van der Waals surface area contributed by atoms with Crippen molar-refractivity contribution < 1.29 is 32.9 Å². The second-order valence-corrected chi connectivity index (χ2v) is 5.13. The van der Waals surface area contributed by atoms with Crippen LogP contribution in [-0.2, 0) is 16.8 Å². The first-order valence-electron chi connectivity index (χ1n) is 6.07. The zero-order chi connectivity index (χ0) is 17.1. The average Bonchev–Trinajstić information content (AvgIpc) is 2.39. The van der Waals surface area contributed by atoms with Crippen LogP contribution in [0.4, 0.5) is 13.2 Å². The average molecular weight is 387 g/mol. The summed E-state index contributed by atoms with van der Waals surface area (Å²) in [4.78, 5) is 14.6. The summed E-state index contributed by atoms with van der Waals surface area (Å²) in [5.41, 5.74) is 0.639. The number of carbonyl (C=O) groups excluding carboxylic acids is 1. The maximum Gasteiger partial charge on any atom is 0.425 e. The molecule has 0 aromatic carbocycles. The number of hydrogen-bond acceptors (Lipinski definition) is 5. The normalized spacial score (nSPS) is 14.5. The van der Waals surface area contributed by atoms with Crippen LogP contribution < -0.4 is 10.5 Å². The molecule has 0 saturated heterocycles. The van der Waals surface area contributed by atoms with E-state index < -0.39 is 36.4 Å². The third-order valence-electron chi connectivity index (χ3n) is 2.78. The van der Waals surface area contributed by atoms with Crippen LogP contribution >= 0.6 is 15.9 Å². The fourth-order valence-corrected chi connectivity index (χ4v) is 2.26. The minimum absolute atomic E-state index is 0.0161. The number of amides is 1. The molecule has 1 atom stereocenters. The van der Waals surface area contributed by atoms with E-state index in [0.717, 1.165) is 6.07 Å². The highest BCUT2D eigenvalue weighted by atomic mass is 79.9. The van der Waals surface area contributed by atoms with Crippen LogP contribution in [0, 0.1) is 0 Å². The van der Waals surface area contributed by atoms with Crippen LogP contribution in [0.25, 0.3) is 0 Å². The molecule has 6 nitrogen and oxygen atoms in total. The second kappa shape index (κ2) is 6.80. The van der Waals surface area contributed by atoms with Crippen LogP contribution in [-0.4, -0.2) is 40.5 Å². The lowest BCUT2D eigenvalue weighted by molar-refractivity contribution is -0.279. The number of aliphatic hydroxyl groups excluding tert-OH is 1. The molecule has 4 N–H and O–H groups in total. The van der Waals surface area contributed by atoms with Crippen molar-refractivity contribution in [2.75, 3.05) is 13.2 Å². The van der Waals surface area contributed by atoms with Crippen LogP contribution in [0.15, 0.2) is 10.7 Å². The van der Waals surface area contributed by atoms with Gasteiger partial charge in [0.25, 0.3) is 0 Å². The van der Waals surface area contributed by atoms with Crippen molar-refractivity contribution in [1.29, 1.82) is 0 Å². The van der Waals surface area contributed by atoms with Crippen molar-refractivity contribution in [2.24, 2.45) is 5.73 Å². The van der Waals surface area contributed by atoms with Crippen molar-refractivity contribution in [1.82, 2.24) is 4.98 Å². The minimum Gasteiger partial charge on any atom is -0.491 e. The van der Waals surface area contributed by atoms with Gasteiger partial charge in [-0.25, -0.2) is 4.98 Å². The SMILES string of the molecule is CCOc1c(CC(N)=O)cc(C(O)(CO)C(F)(F)F)nc1Br. The number of pyridine rings is 1. The Kier molecular flexibility index (Phi) is 5.76. The van der Waals surface area contributed by atoms with E-state index in [1.165, 1.54) is 0 Å². The number of halogens is 4. The van der Waals surface area contributed by atoms with Gasteiger partial charge in [-0.2, -0.15) is 13.2 Å². The summed E-state index contributed by atoms with van der Waals surface area (Å²) in [6.45, 7) is 0.184. The highest BCUT2D eigenvalue weighted by Crippen LogP contribution is 2.40. The van der Waals surface area contributed by atoms with Gasteiger partial charge in [0, 0.05) is 5.56 Å². The number of rotatable bonds is 6. The molecule has 0 aliphatic heterocycles. The molecular weight excluding hydrogens is 373 g/mol. The Hall–Kier alpha value is -1.39. The number of nitrogens with zero attached hydrogens (tertiary/aromatic N) is 1. The zero-order valence-corrected chi connectivity index (χ0v) is 13.0. The van der Waals surface area contributed by atoms with E-state index in [0.29, 0.717) is 0 Å². The number of carbonyl (C=O) groups is 1. The third-order valence-corrected chi connectivity index (χ3v) is 3.32. The number of aliphatic hydroxyl groups is 2. The molecule has 0 spiro atoms. The smallest absolute Gasteiger partial charge is 0.425 e. The summed E-state index contributed by atoms with van der Waals surface area (Å²) in [6.07, 6.45) is -5.58. The Labute approximate surface area is 132 Å². The van der Waals surface area contributed by atoms with Crippen molar-refractivity contribution in [3.05, 3.63) is 21.9 Å². The fourth-order valence-electron chi connectivity index (χ4n) is 1.70. The number of alkyl halides is 3. The van der Waals surface area contributed by atoms with E-state index in [1.54, 1.807) is 6.92 Å². The Morgan fingerprint density at radius 1 is 1.50 bits per heavy atom. The molecule has 0 bridgehead atoms. The fraction of sp³-hybridized carbons (Fsp3) is 0.500. The molecule has 0 radical (unpaired) electrons. The predicted octanol–water partition coefficient (Wildman–Crippen LogP) is 1.01. The highest BCUT2D eigenvalue weighted by Gasteiger charge is 2.56. The van der Waals surface area contributed by atoms with E-state index >= 15 is 0 Å². The van der Waals surface area contributed by atoms with Gasteiger partial charge in [0.2, 0.25) is 11.5 Å². The molecule has 1 aromatic heterocycles. The molecule has 1 heterocycles. The van der Waals surface area contributed by atoms with Gasteiger partial charge in [-0.1, -0.05) is 0 Å². The van der Waals surface area contributed by atoms with Gasteiger partial charge in [-0.15, -0.1) is 0 Å². The summed E-state index contributed by atoms with van der Waals surface area (Å²) < 4.78 is 44.0. The molecule has 0 saturated carbocycles. The first-order chi connectivity index (χ1) is 10.1. The number of primary amides is 1. The molecule has 124 valence electrons. The van der Waals surface area contributed by atoms with Gasteiger partial charge in [0.05, 0.1) is 25.3 Å². The molecule has 22 heavy (non-hydrogen) atoms. The quantitative estimate of drug-likeness (QED) is 0.632. The molecule has 0 aliphatic rings. The topological polar surface area (TPSA) is 106 Å². The van der Waals surface area contributed by atoms with Crippen LogP contribution in [0.1, 0.15) is 18.2 Å². The van der Waals surface area contributed by atoms with Crippen LogP contribution in [0.3, 0.4) is 0 Å². The number of ether oxygens (including phenoxy) is 1. The summed E-state index contributed by atoms with van der Waals surface area (Å²) in [5.74, 6) is -0.753. The summed E-state index contributed by atoms with van der Waals surface area (Å²) in [6, 6.07) is 0.838.